The van der Waals surface area contributed by atoms with E-state index in [1.165, 1.54) is 0 Å². The smallest absolute Gasteiger partial charge is 0.137 e. The van der Waals surface area contributed by atoms with Crippen LogP contribution in [0, 0.1) is 6.92 Å². The maximum absolute atomic E-state index is 10.5. The van der Waals surface area contributed by atoms with Gasteiger partial charge in [-0.2, -0.15) is 0 Å². The van der Waals surface area contributed by atoms with Crippen molar-refractivity contribution < 1.29 is 9.84 Å². The molecule has 120 valence electrons. The Kier molecular flexibility index (Phi) is 4.28. The number of halogens is 1. The van der Waals surface area contributed by atoms with Crippen molar-refractivity contribution in [3.05, 3.63) is 52.8 Å². The van der Waals surface area contributed by atoms with Crippen LogP contribution in [0.2, 0.25) is 5.02 Å². The molecule has 4 nitrogen and oxygen atoms in total. The van der Waals surface area contributed by atoms with Crippen LogP contribution in [0.25, 0.3) is 16.9 Å². The number of imidazole rings is 1. The highest BCUT2D eigenvalue weighted by molar-refractivity contribution is 6.30. The second-order valence-corrected chi connectivity index (χ2v) is 5.97. The second-order valence-electron chi connectivity index (χ2n) is 5.53. The largest absolute Gasteiger partial charge is 0.496 e. The van der Waals surface area contributed by atoms with Crippen LogP contribution in [0.15, 0.2) is 36.5 Å². The number of fused-ring (bicyclic) bond motifs is 1. The molecule has 0 saturated heterocycles. The van der Waals surface area contributed by atoms with Gasteiger partial charge in [-0.15, -0.1) is 0 Å². The molecule has 0 aliphatic rings. The summed E-state index contributed by atoms with van der Waals surface area (Å²) in [6, 6.07) is 9.56. The first-order valence-corrected chi connectivity index (χ1v) is 7.93. The lowest BCUT2D eigenvalue weighted by molar-refractivity contribution is 0.168. The van der Waals surface area contributed by atoms with E-state index < -0.39 is 6.10 Å². The molecule has 3 rings (SSSR count). The van der Waals surface area contributed by atoms with E-state index in [2.05, 4.69) is 0 Å². The number of aryl methyl sites for hydroxylation is 1. The van der Waals surface area contributed by atoms with Crippen LogP contribution in [-0.4, -0.2) is 21.6 Å². The summed E-state index contributed by atoms with van der Waals surface area (Å²) in [7, 11) is 1.65. The summed E-state index contributed by atoms with van der Waals surface area (Å²) < 4.78 is 7.18. The van der Waals surface area contributed by atoms with Gasteiger partial charge in [-0.1, -0.05) is 18.5 Å². The zero-order valence-corrected chi connectivity index (χ0v) is 14.1. The average molecular weight is 331 g/mol. The number of hydrogen-bond acceptors (Lipinski definition) is 3. The third-order valence-corrected chi connectivity index (χ3v) is 4.21. The van der Waals surface area contributed by atoms with E-state index >= 15 is 0 Å². The topological polar surface area (TPSA) is 46.8 Å². The summed E-state index contributed by atoms with van der Waals surface area (Å²) in [5, 5.41) is 11.1. The Morgan fingerprint density at radius 2 is 2.09 bits per heavy atom. The lowest BCUT2D eigenvalue weighted by atomic mass is 10.0. The minimum atomic E-state index is -0.610. The van der Waals surface area contributed by atoms with Crippen molar-refractivity contribution in [2.24, 2.45) is 0 Å². The zero-order chi connectivity index (χ0) is 16.6. The van der Waals surface area contributed by atoms with Crippen LogP contribution < -0.4 is 4.74 Å². The van der Waals surface area contributed by atoms with Crippen molar-refractivity contribution >= 4 is 17.2 Å². The molecule has 1 atom stereocenters. The van der Waals surface area contributed by atoms with Gasteiger partial charge in [0, 0.05) is 11.8 Å². The van der Waals surface area contributed by atoms with Crippen molar-refractivity contribution in [3.63, 3.8) is 0 Å². The number of benzene rings is 1. The number of aromatic nitrogens is 2. The Hall–Kier alpha value is -2.04. The summed E-state index contributed by atoms with van der Waals surface area (Å²) in [5.41, 5.74) is 4.27. The van der Waals surface area contributed by atoms with E-state index in [1.807, 2.05) is 42.5 Å². The van der Waals surface area contributed by atoms with Crippen LogP contribution in [0.3, 0.4) is 0 Å². The molecule has 0 bridgehead atoms. The number of ether oxygens (including phenoxy) is 1. The molecule has 2 heterocycles. The molecule has 5 heteroatoms. The third kappa shape index (κ3) is 2.80. The van der Waals surface area contributed by atoms with Crippen LogP contribution in [-0.2, 0) is 0 Å². The van der Waals surface area contributed by atoms with Crippen molar-refractivity contribution in [1.82, 2.24) is 9.38 Å². The zero-order valence-electron chi connectivity index (χ0n) is 13.4. The van der Waals surface area contributed by atoms with Crippen LogP contribution in [0.4, 0.5) is 0 Å². The van der Waals surface area contributed by atoms with Gasteiger partial charge in [0.2, 0.25) is 0 Å². The normalized spacial score (nSPS) is 12.6. The van der Waals surface area contributed by atoms with Gasteiger partial charge < -0.3 is 9.84 Å². The number of hydrogen-bond donors (Lipinski definition) is 1. The molecule has 23 heavy (non-hydrogen) atoms. The van der Waals surface area contributed by atoms with E-state index in [0.29, 0.717) is 11.4 Å². The second kappa shape index (κ2) is 6.22. The SMILES string of the molecule is CCC(O)c1c(-c2ccc(OC)c(C)c2)nc2ccc(Cl)cn12. The Morgan fingerprint density at radius 3 is 2.74 bits per heavy atom. The van der Waals surface area contributed by atoms with Crippen LogP contribution >= 0.6 is 11.6 Å². The molecule has 1 unspecified atom stereocenters. The number of nitrogens with zero attached hydrogens (tertiary/aromatic N) is 2. The predicted octanol–water partition coefficient (Wildman–Crippen LogP) is 4.42. The Bertz CT molecular complexity index is 858. The molecule has 0 spiro atoms. The predicted molar refractivity (Wildman–Crippen MR) is 92.2 cm³/mol. The quantitative estimate of drug-likeness (QED) is 0.770. The first-order valence-electron chi connectivity index (χ1n) is 7.55. The fourth-order valence-corrected chi connectivity index (χ4v) is 2.95. The molecule has 3 aromatic rings. The number of pyridine rings is 1. The third-order valence-electron chi connectivity index (χ3n) is 3.99. The van der Waals surface area contributed by atoms with Gasteiger partial charge in [-0.3, -0.25) is 4.40 Å². The molecule has 1 aromatic carbocycles. The van der Waals surface area contributed by atoms with Gasteiger partial charge in [-0.05, 0) is 49.2 Å². The monoisotopic (exact) mass is 330 g/mol. The fourth-order valence-electron chi connectivity index (χ4n) is 2.79. The molecule has 2 aromatic heterocycles. The Labute approximate surface area is 140 Å². The average Bonchev–Trinajstić information content (AvgIpc) is 2.92. The standard InChI is InChI=1S/C18H19ClN2O2/c1-4-14(22)18-17(12-5-7-15(23-3)11(2)9-12)20-16-8-6-13(19)10-21(16)18/h5-10,14,22H,4H2,1-3H3. The summed E-state index contributed by atoms with van der Waals surface area (Å²) in [6.07, 6.45) is 1.78. The van der Waals surface area contributed by atoms with E-state index in [4.69, 9.17) is 21.3 Å². The van der Waals surface area contributed by atoms with Gasteiger partial charge in [0.15, 0.2) is 0 Å². The van der Waals surface area contributed by atoms with Crippen molar-refractivity contribution in [2.45, 2.75) is 26.4 Å². The first-order chi connectivity index (χ1) is 11.0. The summed E-state index contributed by atoms with van der Waals surface area (Å²) >= 11 is 6.11. The number of methoxy groups -OCH3 is 1. The van der Waals surface area contributed by atoms with Gasteiger partial charge in [0.25, 0.3) is 0 Å². The molecule has 0 fully saturated rings. The van der Waals surface area contributed by atoms with E-state index in [9.17, 15) is 5.11 Å². The van der Waals surface area contributed by atoms with Gasteiger partial charge in [-0.25, -0.2) is 4.98 Å². The maximum atomic E-state index is 10.5. The van der Waals surface area contributed by atoms with Crippen molar-refractivity contribution in [1.29, 1.82) is 0 Å². The van der Waals surface area contributed by atoms with Crippen LogP contribution in [0.5, 0.6) is 5.75 Å². The molecular weight excluding hydrogens is 312 g/mol. The molecule has 0 radical (unpaired) electrons. The fraction of sp³-hybridized carbons (Fsp3) is 0.278. The molecule has 0 aliphatic heterocycles. The number of aliphatic hydroxyl groups is 1. The minimum absolute atomic E-state index is 0.600. The highest BCUT2D eigenvalue weighted by Gasteiger charge is 2.20. The van der Waals surface area contributed by atoms with Crippen molar-refractivity contribution in [3.8, 4) is 17.0 Å². The molecule has 0 saturated carbocycles. The molecule has 1 N–H and O–H groups in total. The summed E-state index contributed by atoms with van der Waals surface area (Å²) in [5.74, 6) is 0.832. The lowest BCUT2D eigenvalue weighted by Crippen LogP contribution is -2.02. The highest BCUT2D eigenvalue weighted by Crippen LogP contribution is 2.33. The summed E-state index contributed by atoms with van der Waals surface area (Å²) in [4.78, 5) is 4.69. The van der Waals surface area contributed by atoms with Gasteiger partial charge in [0.05, 0.1) is 29.6 Å². The molecule has 0 aliphatic carbocycles. The van der Waals surface area contributed by atoms with Crippen molar-refractivity contribution in [2.75, 3.05) is 7.11 Å². The highest BCUT2D eigenvalue weighted by atomic mass is 35.5. The van der Waals surface area contributed by atoms with E-state index in [0.717, 1.165) is 33.9 Å². The number of aliphatic hydroxyl groups excluding tert-OH is 1. The van der Waals surface area contributed by atoms with Gasteiger partial charge in [0.1, 0.15) is 11.4 Å². The van der Waals surface area contributed by atoms with Gasteiger partial charge >= 0.3 is 0 Å². The summed E-state index contributed by atoms with van der Waals surface area (Å²) in [6.45, 7) is 3.93. The van der Waals surface area contributed by atoms with Crippen LogP contribution in [0.1, 0.15) is 30.7 Å². The number of rotatable bonds is 4. The maximum Gasteiger partial charge on any atom is 0.137 e. The molecule has 0 amide bonds. The van der Waals surface area contributed by atoms with E-state index in [1.54, 1.807) is 19.4 Å². The first kappa shape index (κ1) is 15.8. The Morgan fingerprint density at radius 1 is 1.30 bits per heavy atom. The lowest BCUT2D eigenvalue weighted by Gasteiger charge is -2.12. The molecular formula is C18H19ClN2O2. The van der Waals surface area contributed by atoms with E-state index in [-0.39, 0.29) is 0 Å². The Balaban J connectivity index is 2.26. The minimum Gasteiger partial charge on any atom is -0.496 e.